The SMILES string of the molecule is O=C1c2ccccc2-c2nnc(-c3cccc(O)c3)cc21. The normalized spacial score (nSPS) is 12.1. The third-order valence-electron chi connectivity index (χ3n) is 3.61. The minimum absolute atomic E-state index is 0.0306. The van der Waals surface area contributed by atoms with Gasteiger partial charge in [-0.2, -0.15) is 0 Å². The Hall–Kier alpha value is -3.01. The number of benzene rings is 2. The molecule has 0 radical (unpaired) electrons. The Balaban J connectivity index is 1.89. The van der Waals surface area contributed by atoms with E-state index >= 15 is 0 Å². The van der Waals surface area contributed by atoms with Crippen LogP contribution in [0.1, 0.15) is 15.9 Å². The van der Waals surface area contributed by atoms with E-state index in [4.69, 9.17) is 0 Å². The molecule has 4 heteroatoms. The van der Waals surface area contributed by atoms with Gasteiger partial charge in [-0.05, 0) is 18.2 Å². The Morgan fingerprint density at radius 3 is 2.43 bits per heavy atom. The second-order valence-electron chi connectivity index (χ2n) is 4.92. The number of hydrogen-bond acceptors (Lipinski definition) is 4. The fraction of sp³-hybridized carbons (Fsp3) is 0. The van der Waals surface area contributed by atoms with Gasteiger partial charge in [0.1, 0.15) is 11.4 Å². The molecule has 0 saturated heterocycles. The molecule has 1 N–H and O–H groups in total. The number of carbonyl (C=O) groups is 1. The van der Waals surface area contributed by atoms with E-state index in [1.165, 1.54) is 0 Å². The van der Waals surface area contributed by atoms with Crippen molar-refractivity contribution in [3.8, 4) is 28.3 Å². The van der Waals surface area contributed by atoms with Gasteiger partial charge in [0, 0.05) is 16.7 Å². The van der Waals surface area contributed by atoms with Gasteiger partial charge in [-0.3, -0.25) is 4.79 Å². The van der Waals surface area contributed by atoms with Crippen LogP contribution in [-0.2, 0) is 0 Å². The lowest BCUT2D eigenvalue weighted by atomic mass is 10.1. The maximum absolute atomic E-state index is 12.4. The number of aromatic nitrogens is 2. The lowest BCUT2D eigenvalue weighted by Gasteiger charge is -2.03. The molecule has 0 amide bonds. The van der Waals surface area contributed by atoms with Crippen LogP contribution in [0.25, 0.3) is 22.5 Å². The zero-order valence-electron chi connectivity index (χ0n) is 10.9. The smallest absolute Gasteiger partial charge is 0.196 e. The quantitative estimate of drug-likeness (QED) is 0.579. The number of carbonyl (C=O) groups excluding carboxylic acids is 1. The minimum atomic E-state index is -0.0306. The zero-order valence-corrected chi connectivity index (χ0v) is 10.9. The standard InChI is InChI=1S/C17H10N2O2/c20-11-5-3-4-10(8-11)15-9-14-16(19-18-15)12-6-1-2-7-13(12)17(14)21/h1-9,20H. The van der Waals surface area contributed by atoms with E-state index in [9.17, 15) is 9.90 Å². The number of hydrogen-bond donors (Lipinski definition) is 1. The first-order valence-electron chi connectivity index (χ1n) is 6.55. The van der Waals surface area contributed by atoms with E-state index in [1.54, 1.807) is 30.3 Å². The molecule has 21 heavy (non-hydrogen) atoms. The van der Waals surface area contributed by atoms with Crippen molar-refractivity contribution in [1.82, 2.24) is 10.2 Å². The molecular weight excluding hydrogens is 264 g/mol. The summed E-state index contributed by atoms with van der Waals surface area (Å²) in [5.41, 5.74) is 3.98. The molecule has 1 aliphatic carbocycles. The number of phenolic OH excluding ortho intramolecular Hbond substituents is 1. The number of rotatable bonds is 1. The van der Waals surface area contributed by atoms with E-state index in [2.05, 4.69) is 10.2 Å². The third kappa shape index (κ3) is 1.73. The van der Waals surface area contributed by atoms with Crippen LogP contribution in [0.2, 0.25) is 0 Å². The van der Waals surface area contributed by atoms with Crippen LogP contribution in [-0.4, -0.2) is 21.1 Å². The summed E-state index contributed by atoms with van der Waals surface area (Å²) < 4.78 is 0. The summed E-state index contributed by atoms with van der Waals surface area (Å²) in [7, 11) is 0. The molecule has 100 valence electrons. The van der Waals surface area contributed by atoms with E-state index in [-0.39, 0.29) is 11.5 Å². The van der Waals surface area contributed by atoms with Gasteiger partial charge in [0.25, 0.3) is 0 Å². The van der Waals surface area contributed by atoms with E-state index < -0.39 is 0 Å². The predicted molar refractivity (Wildman–Crippen MR) is 78.0 cm³/mol. The summed E-state index contributed by atoms with van der Waals surface area (Å²) in [5, 5.41) is 17.9. The third-order valence-corrected chi connectivity index (χ3v) is 3.61. The average molecular weight is 274 g/mol. The first-order valence-corrected chi connectivity index (χ1v) is 6.55. The van der Waals surface area contributed by atoms with E-state index in [1.807, 2.05) is 24.3 Å². The second kappa shape index (κ2) is 4.24. The van der Waals surface area contributed by atoms with Crippen molar-refractivity contribution < 1.29 is 9.90 Å². The van der Waals surface area contributed by atoms with Gasteiger partial charge in [-0.15, -0.1) is 10.2 Å². The molecule has 1 aromatic heterocycles. The second-order valence-corrected chi connectivity index (χ2v) is 4.92. The van der Waals surface area contributed by atoms with Gasteiger partial charge in [0.05, 0.1) is 11.3 Å². The van der Waals surface area contributed by atoms with Gasteiger partial charge in [0.15, 0.2) is 5.78 Å². The molecule has 0 spiro atoms. The van der Waals surface area contributed by atoms with Gasteiger partial charge in [0.2, 0.25) is 0 Å². The fourth-order valence-corrected chi connectivity index (χ4v) is 2.60. The highest BCUT2D eigenvalue weighted by molar-refractivity contribution is 6.21. The summed E-state index contributed by atoms with van der Waals surface area (Å²) >= 11 is 0. The Kier molecular flexibility index (Phi) is 2.38. The van der Waals surface area contributed by atoms with Crippen LogP contribution in [0.15, 0.2) is 54.6 Å². The molecule has 0 fully saturated rings. The van der Waals surface area contributed by atoms with Crippen LogP contribution in [0.3, 0.4) is 0 Å². The first kappa shape index (κ1) is 11.8. The van der Waals surface area contributed by atoms with Crippen molar-refractivity contribution >= 4 is 5.78 Å². The number of aromatic hydroxyl groups is 1. The molecule has 4 rings (SSSR count). The number of ketones is 1. The van der Waals surface area contributed by atoms with Crippen LogP contribution < -0.4 is 0 Å². The lowest BCUT2D eigenvalue weighted by molar-refractivity contribution is 0.104. The summed E-state index contributed by atoms with van der Waals surface area (Å²) in [6.07, 6.45) is 0. The maximum Gasteiger partial charge on any atom is 0.196 e. The Morgan fingerprint density at radius 1 is 0.810 bits per heavy atom. The number of nitrogens with zero attached hydrogens (tertiary/aromatic N) is 2. The molecule has 1 aliphatic rings. The van der Waals surface area contributed by atoms with E-state index in [0.717, 1.165) is 11.1 Å². The highest BCUT2D eigenvalue weighted by Gasteiger charge is 2.28. The summed E-state index contributed by atoms with van der Waals surface area (Å²) in [4.78, 5) is 12.4. The summed E-state index contributed by atoms with van der Waals surface area (Å²) in [5.74, 6) is 0.126. The molecule has 0 bridgehead atoms. The van der Waals surface area contributed by atoms with Gasteiger partial charge < -0.3 is 5.11 Å². The number of phenols is 1. The molecule has 4 nitrogen and oxygen atoms in total. The average Bonchev–Trinajstić information content (AvgIpc) is 2.81. The van der Waals surface area contributed by atoms with Crippen molar-refractivity contribution in [3.63, 3.8) is 0 Å². The fourth-order valence-electron chi connectivity index (χ4n) is 2.60. The van der Waals surface area contributed by atoms with Crippen molar-refractivity contribution in [2.24, 2.45) is 0 Å². The van der Waals surface area contributed by atoms with Crippen molar-refractivity contribution in [1.29, 1.82) is 0 Å². The molecule has 0 aliphatic heterocycles. The first-order chi connectivity index (χ1) is 10.2. The van der Waals surface area contributed by atoms with Crippen LogP contribution in [0.5, 0.6) is 5.75 Å². The van der Waals surface area contributed by atoms with E-state index in [0.29, 0.717) is 22.5 Å². The minimum Gasteiger partial charge on any atom is -0.508 e. The van der Waals surface area contributed by atoms with Gasteiger partial charge in [-0.1, -0.05) is 36.4 Å². The van der Waals surface area contributed by atoms with Crippen LogP contribution >= 0.6 is 0 Å². The highest BCUT2D eigenvalue weighted by Crippen LogP contribution is 2.35. The van der Waals surface area contributed by atoms with Crippen molar-refractivity contribution in [3.05, 3.63) is 65.7 Å². The van der Waals surface area contributed by atoms with Crippen LogP contribution in [0, 0.1) is 0 Å². The summed E-state index contributed by atoms with van der Waals surface area (Å²) in [6, 6.07) is 15.9. The molecule has 2 aromatic carbocycles. The van der Waals surface area contributed by atoms with Gasteiger partial charge in [-0.25, -0.2) is 0 Å². The van der Waals surface area contributed by atoms with Crippen molar-refractivity contribution in [2.75, 3.05) is 0 Å². The topological polar surface area (TPSA) is 63.1 Å². The molecule has 0 atom stereocenters. The van der Waals surface area contributed by atoms with Crippen molar-refractivity contribution in [2.45, 2.75) is 0 Å². The molecule has 3 aromatic rings. The Bertz CT molecular complexity index is 887. The molecule has 1 heterocycles. The number of fused-ring (bicyclic) bond motifs is 3. The molecular formula is C17H10N2O2. The summed E-state index contributed by atoms with van der Waals surface area (Å²) in [6.45, 7) is 0. The van der Waals surface area contributed by atoms with Gasteiger partial charge >= 0.3 is 0 Å². The monoisotopic (exact) mass is 274 g/mol. The zero-order chi connectivity index (χ0) is 14.4. The Labute approximate surface area is 120 Å². The Morgan fingerprint density at radius 2 is 1.62 bits per heavy atom. The molecule has 0 saturated carbocycles. The lowest BCUT2D eigenvalue weighted by Crippen LogP contribution is -1.98. The van der Waals surface area contributed by atoms with Crippen LogP contribution in [0.4, 0.5) is 0 Å². The predicted octanol–water partition coefficient (Wildman–Crippen LogP) is 3.06. The maximum atomic E-state index is 12.4. The highest BCUT2D eigenvalue weighted by atomic mass is 16.3. The largest absolute Gasteiger partial charge is 0.508 e. The molecule has 0 unspecified atom stereocenters.